The molecule has 0 spiro atoms. The largest absolute Gasteiger partial charge is 0.369 e. The lowest BCUT2D eigenvalue weighted by molar-refractivity contribution is 0.738. The van der Waals surface area contributed by atoms with Crippen molar-refractivity contribution < 1.29 is 0 Å². The van der Waals surface area contributed by atoms with Crippen LogP contribution in [0.3, 0.4) is 0 Å². The van der Waals surface area contributed by atoms with Crippen molar-refractivity contribution in [2.75, 3.05) is 17.2 Å². The lowest BCUT2D eigenvalue weighted by Gasteiger charge is -2.15. The summed E-state index contributed by atoms with van der Waals surface area (Å²) in [6, 6.07) is 13.4. The van der Waals surface area contributed by atoms with Gasteiger partial charge < -0.3 is 10.6 Å². The predicted molar refractivity (Wildman–Crippen MR) is 117 cm³/mol. The van der Waals surface area contributed by atoms with E-state index >= 15 is 0 Å². The average Bonchev–Trinajstić information content (AvgIpc) is 3.43. The third-order valence-electron chi connectivity index (χ3n) is 6.20. The third kappa shape index (κ3) is 3.57. The first-order valence-electron chi connectivity index (χ1n) is 10.7. The van der Waals surface area contributed by atoms with Crippen LogP contribution in [-0.2, 0) is 6.42 Å². The number of fused-ring (bicyclic) bond motifs is 1. The van der Waals surface area contributed by atoms with Crippen molar-refractivity contribution in [1.29, 1.82) is 0 Å². The van der Waals surface area contributed by atoms with E-state index in [0.29, 0.717) is 6.04 Å². The molecule has 5 rings (SSSR count). The Balaban J connectivity index is 1.46. The van der Waals surface area contributed by atoms with E-state index in [1.54, 1.807) is 0 Å². The molecule has 1 fully saturated rings. The lowest BCUT2D eigenvalue weighted by Crippen LogP contribution is -2.17. The highest BCUT2D eigenvalue weighted by atomic mass is 15.1. The van der Waals surface area contributed by atoms with Gasteiger partial charge in [-0.05, 0) is 42.5 Å². The molecule has 1 atom stereocenters. The molecule has 5 nitrogen and oxygen atoms in total. The van der Waals surface area contributed by atoms with Gasteiger partial charge >= 0.3 is 0 Å². The van der Waals surface area contributed by atoms with Crippen molar-refractivity contribution in [3.8, 4) is 11.1 Å². The molecule has 3 heterocycles. The minimum atomic E-state index is 0.193. The van der Waals surface area contributed by atoms with Crippen LogP contribution in [0.4, 0.5) is 11.8 Å². The second-order valence-corrected chi connectivity index (χ2v) is 8.04. The fourth-order valence-corrected chi connectivity index (χ4v) is 4.61. The molecule has 148 valence electrons. The summed E-state index contributed by atoms with van der Waals surface area (Å²) in [5.41, 5.74) is 6.06. The van der Waals surface area contributed by atoms with Gasteiger partial charge in [0.15, 0.2) is 0 Å². The minimum Gasteiger partial charge on any atom is -0.369 e. The molecule has 29 heavy (non-hydrogen) atoms. The molecule has 0 amide bonds. The Morgan fingerprint density at radius 3 is 2.83 bits per heavy atom. The van der Waals surface area contributed by atoms with Crippen molar-refractivity contribution >= 4 is 11.8 Å². The van der Waals surface area contributed by atoms with Crippen LogP contribution >= 0.6 is 0 Å². The molecule has 0 saturated heterocycles. The third-order valence-corrected chi connectivity index (χ3v) is 6.20. The smallest absolute Gasteiger partial charge is 0.223 e. The van der Waals surface area contributed by atoms with Crippen LogP contribution in [-0.4, -0.2) is 27.5 Å². The molecule has 2 aromatic heterocycles. The van der Waals surface area contributed by atoms with Gasteiger partial charge in [0.25, 0.3) is 0 Å². The Hall–Kier alpha value is -2.95. The van der Waals surface area contributed by atoms with E-state index in [9.17, 15) is 0 Å². The van der Waals surface area contributed by atoms with Gasteiger partial charge in [-0.2, -0.15) is 0 Å². The predicted octanol–water partition coefficient (Wildman–Crippen LogP) is 5.01. The summed E-state index contributed by atoms with van der Waals surface area (Å²) in [6.07, 6.45) is 9.89. The molecule has 0 radical (unpaired) electrons. The molecule has 0 bridgehead atoms. The molecule has 2 N–H and O–H groups in total. The number of nitrogens with one attached hydrogen (secondary N) is 2. The fraction of sp³-hybridized carbons (Fsp3) is 0.375. The standard InChI is InChI=1S/C24H27N5/c1-2-16-7-3-6-10-19(16)17-13-20-21(15-27-23(20)26-14-17)22-11-12-25-24(29-22)28-18-8-4-5-9-18/h3,6-7,10-14,18,21H,2,4-5,8-9,15H2,1H3,(H,26,27)(H,25,28,29). The number of hydrogen-bond acceptors (Lipinski definition) is 5. The number of aryl methyl sites for hydroxylation is 1. The van der Waals surface area contributed by atoms with Gasteiger partial charge in [-0.25, -0.2) is 15.0 Å². The van der Waals surface area contributed by atoms with Crippen LogP contribution < -0.4 is 10.6 Å². The molecule has 1 saturated carbocycles. The first-order chi connectivity index (χ1) is 14.3. The van der Waals surface area contributed by atoms with Crippen molar-refractivity contribution in [2.45, 2.75) is 51.0 Å². The number of anilines is 2. The van der Waals surface area contributed by atoms with Crippen molar-refractivity contribution in [3.05, 3.63) is 65.6 Å². The second-order valence-electron chi connectivity index (χ2n) is 8.04. The zero-order chi connectivity index (χ0) is 19.6. The molecular weight excluding hydrogens is 358 g/mol. The zero-order valence-electron chi connectivity index (χ0n) is 16.9. The van der Waals surface area contributed by atoms with Crippen LogP contribution in [0, 0.1) is 0 Å². The fourth-order valence-electron chi connectivity index (χ4n) is 4.61. The van der Waals surface area contributed by atoms with E-state index in [1.165, 1.54) is 47.9 Å². The quantitative estimate of drug-likeness (QED) is 0.646. The second kappa shape index (κ2) is 7.82. The summed E-state index contributed by atoms with van der Waals surface area (Å²) < 4.78 is 0. The number of pyridine rings is 1. The molecule has 1 aliphatic carbocycles. The Bertz CT molecular complexity index is 1010. The Morgan fingerprint density at radius 1 is 1.10 bits per heavy atom. The normalized spacial score (nSPS) is 18.4. The van der Waals surface area contributed by atoms with Gasteiger partial charge in [0.2, 0.25) is 5.95 Å². The van der Waals surface area contributed by atoms with Crippen LogP contribution in [0.15, 0.2) is 48.8 Å². The van der Waals surface area contributed by atoms with Gasteiger partial charge in [-0.1, -0.05) is 44.0 Å². The Morgan fingerprint density at radius 2 is 1.97 bits per heavy atom. The molecule has 3 aromatic rings. The van der Waals surface area contributed by atoms with E-state index in [-0.39, 0.29) is 5.92 Å². The summed E-state index contributed by atoms with van der Waals surface area (Å²) in [6.45, 7) is 3.02. The van der Waals surface area contributed by atoms with E-state index in [4.69, 9.17) is 9.97 Å². The highest BCUT2D eigenvalue weighted by Gasteiger charge is 2.27. The number of nitrogens with zero attached hydrogens (tertiary/aromatic N) is 3. The summed E-state index contributed by atoms with van der Waals surface area (Å²) in [4.78, 5) is 14.0. The summed E-state index contributed by atoms with van der Waals surface area (Å²) in [7, 11) is 0. The summed E-state index contributed by atoms with van der Waals surface area (Å²) >= 11 is 0. The molecule has 2 aliphatic rings. The highest BCUT2D eigenvalue weighted by molar-refractivity contribution is 5.71. The van der Waals surface area contributed by atoms with Crippen LogP contribution in [0.5, 0.6) is 0 Å². The van der Waals surface area contributed by atoms with E-state index in [2.05, 4.69) is 52.9 Å². The van der Waals surface area contributed by atoms with Crippen molar-refractivity contribution in [1.82, 2.24) is 15.0 Å². The summed E-state index contributed by atoms with van der Waals surface area (Å²) in [5.74, 6) is 1.92. The molecular formula is C24H27N5. The van der Waals surface area contributed by atoms with Gasteiger partial charge in [-0.3, -0.25) is 0 Å². The number of benzene rings is 1. The lowest BCUT2D eigenvalue weighted by atomic mass is 9.94. The topological polar surface area (TPSA) is 62.7 Å². The SMILES string of the molecule is CCc1ccccc1-c1cnc2c(c1)C(c1ccnc(NC3CCCC3)n1)CN2. The van der Waals surface area contributed by atoms with Crippen LogP contribution in [0.25, 0.3) is 11.1 Å². The summed E-state index contributed by atoms with van der Waals surface area (Å²) in [5, 5.41) is 6.98. The Kier molecular flexibility index (Phi) is 4.88. The monoisotopic (exact) mass is 385 g/mol. The zero-order valence-corrected chi connectivity index (χ0v) is 16.9. The highest BCUT2D eigenvalue weighted by Crippen LogP contribution is 2.37. The molecule has 5 heteroatoms. The van der Waals surface area contributed by atoms with Gasteiger partial charge in [0.05, 0.1) is 5.69 Å². The van der Waals surface area contributed by atoms with Gasteiger partial charge in [0, 0.05) is 42.0 Å². The first kappa shape index (κ1) is 18.1. The van der Waals surface area contributed by atoms with Crippen molar-refractivity contribution in [3.63, 3.8) is 0 Å². The molecule has 1 aliphatic heterocycles. The van der Waals surface area contributed by atoms with E-state index in [0.717, 1.165) is 30.4 Å². The first-order valence-corrected chi connectivity index (χ1v) is 10.7. The van der Waals surface area contributed by atoms with Crippen LogP contribution in [0.1, 0.15) is 55.3 Å². The van der Waals surface area contributed by atoms with Crippen molar-refractivity contribution in [2.24, 2.45) is 0 Å². The number of aromatic nitrogens is 3. The number of hydrogen-bond donors (Lipinski definition) is 2. The maximum atomic E-state index is 4.86. The average molecular weight is 386 g/mol. The minimum absolute atomic E-state index is 0.193. The number of rotatable bonds is 5. The van der Waals surface area contributed by atoms with Crippen LogP contribution in [0.2, 0.25) is 0 Å². The van der Waals surface area contributed by atoms with Gasteiger partial charge in [-0.15, -0.1) is 0 Å². The maximum absolute atomic E-state index is 4.86. The molecule has 1 unspecified atom stereocenters. The van der Waals surface area contributed by atoms with E-state index < -0.39 is 0 Å². The Labute approximate surface area is 172 Å². The van der Waals surface area contributed by atoms with Gasteiger partial charge in [0.1, 0.15) is 5.82 Å². The maximum Gasteiger partial charge on any atom is 0.223 e. The molecule has 1 aromatic carbocycles. The van der Waals surface area contributed by atoms with E-state index in [1.807, 2.05) is 18.5 Å².